The van der Waals surface area contributed by atoms with Gasteiger partial charge in [-0.05, 0) is 43.9 Å². The summed E-state index contributed by atoms with van der Waals surface area (Å²) in [6.45, 7) is 8.85. The predicted octanol–water partition coefficient (Wildman–Crippen LogP) is 4.29. The van der Waals surface area contributed by atoms with E-state index in [1.807, 2.05) is 0 Å². The van der Waals surface area contributed by atoms with Gasteiger partial charge in [0, 0.05) is 11.7 Å². The highest BCUT2D eigenvalue weighted by Gasteiger charge is 2.06. The molecule has 84 valence electrons. The Labute approximate surface area is 93.9 Å². The third-order valence-corrected chi connectivity index (χ3v) is 3.09. The van der Waals surface area contributed by atoms with E-state index in [1.165, 1.54) is 36.1 Å². The zero-order valence-electron chi connectivity index (χ0n) is 10.4. The fourth-order valence-electron chi connectivity index (χ4n) is 1.85. The molecule has 1 aromatic rings. The molecule has 0 aromatic heterocycles. The standard InChI is InChI=1S/C14H23N/c1-5-8-13(6-2)15-14-10-7-9-11(3)12(14)4/h7,9-10,13,15H,5-6,8H2,1-4H3. The van der Waals surface area contributed by atoms with Crippen molar-refractivity contribution in [1.29, 1.82) is 0 Å². The van der Waals surface area contributed by atoms with Crippen molar-refractivity contribution < 1.29 is 0 Å². The Morgan fingerprint density at radius 2 is 1.93 bits per heavy atom. The highest BCUT2D eigenvalue weighted by Crippen LogP contribution is 2.20. The molecule has 0 spiro atoms. The first-order valence-corrected chi connectivity index (χ1v) is 6.01. The molecule has 1 heteroatoms. The van der Waals surface area contributed by atoms with Gasteiger partial charge in [-0.3, -0.25) is 0 Å². The monoisotopic (exact) mass is 205 g/mol. The topological polar surface area (TPSA) is 12.0 Å². The predicted molar refractivity (Wildman–Crippen MR) is 68.5 cm³/mol. The average molecular weight is 205 g/mol. The van der Waals surface area contributed by atoms with Gasteiger partial charge < -0.3 is 5.32 Å². The summed E-state index contributed by atoms with van der Waals surface area (Å²) in [6, 6.07) is 7.10. The summed E-state index contributed by atoms with van der Waals surface area (Å²) in [7, 11) is 0. The third-order valence-electron chi connectivity index (χ3n) is 3.09. The van der Waals surface area contributed by atoms with Crippen LogP contribution in [0.5, 0.6) is 0 Å². The van der Waals surface area contributed by atoms with Gasteiger partial charge >= 0.3 is 0 Å². The lowest BCUT2D eigenvalue weighted by molar-refractivity contribution is 0.622. The van der Waals surface area contributed by atoms with E-state index in [0.29, 0.717) is 6.04 Å². The van der Waals surface area contributed by atoms with E-state index in [0.717, 1.165) is 0 Å². The molecule has 1 rings (SSSR count). The Morgan fingerprint density at radius 1 is 1.20 bits per heavy atom. The van der Waals surface area contributed by atoms with Gasteiger partial charge in [0.25, 0.3) is 0 Å². The number of aryl methyl sites for hydroxylation is 1. The molecule has 0 aliphatic heterocycles. The van der Waals surface area contributed by atoms with E-state index in [-0.39, 0.29) is 0 Å². The van der Waals surface area contributed by atoms with Crippen LogP contribution >= 0.6 is 0 Å². The Kier molecular flexibility index (Phi) is 4.67. The molecule has 0 heterocycles. The summed E-state index contributed by atoms with van der Waals surface area (Å²) in [4.78, 5) is 0. The van der Waals surface area contributed by atoms with Gasteiger partial charge in [-0.1, -0.05) is 32.4 Å². The first-order chi connectivity index (χ1) is 7.19. The fourth-order valence-corrected chi connectivity index (χ4v) is 1.85. The largest absolute Gasteiger partial charge is 0.382 e. The quantitative estimate of drug-likeness (QED) is 0.756. The number of nitrogens with one attached hydrogen (secondary N) is 1. The van der Waals surface area contributed by atoms with Crippen LogP contribution in [-0.4, -0.2) is 6.04 Å². The van der Waals surface area contributed by atoms with Crippen molar-refractivity contribution in [1.82, 2.24) is 0 Å². The second kappa shape index (κ2) is 5.79. The van der Waals surface area contributed by atoms with E-state index >= 15 is 0 Å². The Morgan fingerprint density at radius 3 is 2.53 bits per heavy atom. The van der Waals surface area contributed by atoms with Crippen LogP contribution in [0.1, 0.15) is 44.2 Å². The van der Waals surface area contributed by atoms with Crippen molar-refractivity contribution in [3.8, 4) is 0 Å². The molecular weight excluding hydrogens is 182 g/mol. The lowest BCUT2D eigenvalue weighted by Crippen LogP contribution is -2.18. The highest BCUT2D eigenvalue weighted by molar-refractivity contribution is 5.54. The van der Waals surface area contributed by atoms with Crippen LogP contribution in [0.3, 0.4) is 0 Å². The van der Waals surface area contributed by atoms with E-state index in [9.17, 15) is 0 Å². The van der Waals surface area contributed by atoms with Gasteiger partial charge in [0.05, 0.1) is 0 Å². The van der Waals surface area contributed by atoms with E-state index in [4.69, 9.17) is 0 Å². The SMILES string of the molecule is CCCC(CC)Nc1cccc(C)c1C. The number of anilines is 1. The van der Waals surface area contributed by atoms with E-state index < -0.39 is 0 Å². The van der Waals surface area contributed by atoms with Gasteiger partial charge in [-0.15, -0.1) is 0 Å². The fraction of sp³-hybridized carbons (Fsp3) is 0.571. The normalized spacial score (nSPS) is 12.5. The first kappa shape index (κ1) is 12.1. The summed E-state index contributed by atoms with van der Waals surface area (Å²) in [6.07, 6.45) is 3.70. The van der Waals surface area contributed by atoms with Gasteiger partial charge in [0.15, 0.2) is 0 Å². The van der Waals surface area contributed by atoms with Crippen molar-refractivity contribution >= 4 is 5.69 Å². The minimum absolute atomic E-state index is 0.621. The minimum atomic E-state index is 0.621. The first-order valence-electron chi connectivity index (χ1n) is 6.01. The lowest BCUT2D eigenvalue weighted by atomic mass is 10.1. The molecule has 0 radical (unpaired) electrons. The molecule has 1 unspecified atom stereocenters. The maximum atomic E-state index is 3.64. The Hall–Kier alpha value is -0.980. The highest BCUT2D eigenvalue weighted by atomic mass is 14.9. The second-order valence-electron chi connectivity index (χ2n) is 4.29. The van der Waals surface area contributed by atoms with E-state index in [1.54, 1.807) is 0 Å². The van der Waals surface area contributed by atoms with Crippen LogP contribution in [0.25, 0.3) is 0 Å². The maximum absolute atomic E-state index is 3.64. The van der Waals surface area contributed by atoms with Crippen LogP contribution in [0.15, 0.2) is 18.2 Å². The van der Waals surface area contributed by atoms with Crippen molar-refractivity contribution in [2.24, 2.45) is 0 Å². The summed E-state index contributed by atoms with van der Waals surface area (Å²) < 4.78 is 0. The molecule has 1 aromatic carbocycles. The molecule has 1 nitrogen and oxygen atoms in total. The smallest absolute Gasteiger partial charge is 0.0374 e. The number of hydrogen-bond donors (Lipinski definition) is 1. The van der Waals surface area contributed by atoms with Crippen molar-refractivity contribution in [2.45, 2.75) is 53.0 Å². The Balaban J connectivity index is 2.74. The molecule has 0 saturated carbocycles. The van der Waals surface area contributed by atoms with Gasteiger partial charge in [0.1, 0.15) is 0 Å². The summed E-state index contributed by atoms with van der Waals surface area (Å²) >= 11 is 0. The van der Waals surface area contributed by atoms with Crippen LogP contribution < -0.4 is 5.32 Å². The number of hydrogen-bond acceptors (Lipinski definition) is 1. The molecule has 0 amide bonds. The van der Waals surface area contributed by atoms with Crippen LogP contribution in [0.4, 0.5) is 5.69 Å². The maximum Gasteiger partial charge on any atom is 0.0374 e. The van der Waals surface area contributed by atoms with Gasteiger partial charge in [-0.25, -0.2) is 0 Å². The van der Waals surface area contributed by atoms with Gasteiger partial charge in [-0.2, -0.15) is 0 Å². The van der Waals surface area contributed by atoms with Gasteiger partial charge in [0.2, 0.25) is 0 Å². The van der Waals surface area contributed by atoms with Crippen LogP contribution in [-0.2, 0) is 0 Å². The van der Waals surface area contributed by atoms with Crippen molar-refractivity contribution in [3.63, 3.8) is 0 Å². The molecule has 1 N–H and O–H groups in total. The second-order valence-corrected chi connectivity index (χ2v) is 4.29. The third kappa shape index (κ3) is 3.26. The summed E-state index contributed by atoms with van der Waals surface area (Å²) in [5, 5.41) is 3.64. The van der Waals surface area contributed by atoms with Crippen molar-refractivity contribution in [2.75, 3.05) is 5.32 Å². The van der Waals surface area contributed by atoms with Crippen LogP contribution in [0.2, 0.25) is 0 Å². The Bertz CT molecular complexity index is 304. The molecular formula is C14H23N. The lowest BCUT2D eigenvalue weighted by Gasteiger charge is -2.19. The molecule has 15 heavy (non-hydrogen) atoms. The number of benzene rings is 1. The summed E-state index contributed by atoms with van der Waals surface area (Å²) in [5.74, 6) is 0. The minimum Gasteiger partial charge on any atom is -0.382 e. The molecule has 0 aliphatic rings. The average Bonchev–Trinajstić information content (AvgIpc) is 2.24. The zero-order valence-corrected chi connectivity index (χ0v) is 10.4. The molecule has 0 saturated heterocycles. The molecule has 1 atom stereocenters. The summed E-state index contributed by atoms with van der Waals surface area (Å²) in [5.41, 5.74) is 4.05. The number of rotatable bonds is 5. The van der Waals surface area contributed by atoms with E-state index in [2.05, 4.69) is 51.2 Å². The van der Waals surface area contributed by atoms with Crippen molar-refractivity contribution in [3.05, 3.63) is 29.3 Å². The zero-order chi connectivity index (χ0) is 11.3. The molecule has 0 bridgehead atoms. The molecule has 0 aliphatic carbocycles. The van der Waals surface area contributed by atoms with Crippen LogP contribution in [0, 0.1) is 13.8 Å². The molecule has 0 fully saturated rings.